The van der Waals surface area contributed by atoms with Gasteiger partial charge in [-0.3, -0.25) is 4.99 Å². The van der Waals surface area contributed by atoms with Crippen LogP contribution in [0.2, 0.25) is 10.2 Å². The Morgan fingerprint density at radius 3 is 2.56 bits per heavy atom. The van der Waals surface area contributed by atoms with Crippen molar-refractivity contribution in [1.29, 1.82) is 0 Å². The number of rotatable bonds is 7. The summed E-state index contributed by atoms with van der Waals surface area (Å²) in [6.07, 6.45) is -0.946. The highest BCUT2D eigenvalue weighted by Crippen LogP contribution is 2.31. The first-order valence-corrected chi connectivity index (χ1v) is 12.8. The van der Waals surface area contributed by atoms with E-state index in [0.29, 0.717) is 27.6 Å². The normalized spacial score (nSPS) is 12.7. The number of hydrogen-bond donors (Lipinski definition) is 0. The molecule has 0 saturated carbocycles. The summed E-state index contributed by atoms with van der Waals surface area (Å²) in [4.78, 5) is 5.40. The molecule has 2 heterocycles. The zero-order valence-corrected chi connectivity index (χ0v) is 21.8. The first kappa shape index (κ1) is 26.2. The Bertz CT molecular complexity index is 1450. The second-order valence-electron chi connectivity index (χ2n) is 7.95. The number of alkyl halides is 3. The largest absolute Gasteiger partial charge is 0.416 e. The zero-order valence-electron chi connectivity index (χ0n) is 19.4. The number of aryl methyl sites for hydroxylation is 1. The summed E-state index contributed by atoms with van der Waals surface area (Å²) >= 11 is 14.1. The van der Waals surface area contributed by atoms with Crippen molar-refractivity contribution in [1.82, 2.24) is 14.5 Å². The van der Waals surface area contributed by atoms with Crippen molar-refractivity contribution in [2.45, 2.75) is 32.9 Å². The Morgan fingerprint density at radius 2 is 1.86 bits per heavy atom. The van der Waals surface area contributed by atoms with Gasteiger partial charge in [0.1, 0.15) is 5.15 Å². The van der Waals surface area contributed by atoms with Crippen LogP contribution in [-0.4, -0.2) is 27.2 Å². The van der Waals surface area contributed by atoms with Gasteiger partial charge in [0.15, 0.2) is 0 Å². The molecule has 11 heteroatoms. The number of hydrogen-bond acceptors (Lipinski definition) is 4. The van der Waals surface area contributed by atoms with Crippen molar-refractivity contribution in [2.24, 2.45) is 10.1 Å². The first-order chi connectivity index (χ1) is 17.2. The monoisotopic (exact) mass is 551 g/mol. The van der Waals surface area contributed by atoms with Crippen LogP contribution in [0.15, 0.2) is 64.0 Å². The lowest BCUT2D eigenvalue weighted by Crippen LogP contribution is -2.13. The summed E-state index contributed by atoms with van der Waals surface area (Å²) in [7, 11) is 0. The van der Waals surface area contributed by atoms with Crippen molar-refractivity contribution < 1.29 is 13.2 Å². The fourth-order valence-electron chi connectivity index (χ4n) is 3.43. The fraction of sp³-hybridized carbons (Fsp3) is 0.240. The predicted octanol–water partition coefficient (Wildman–Crippen LogP) is 7.62. The number of nitrogens with zero attached hydrogens (tertiary/aromatic N) is 5. The Labute approximate surface area is 220 Å². The predicted molar refractivity (Wildman–Crippen MR) is 139 cm³/mol. The van der Waals surface area contributed by atoms with E-state index in [-0.39, 0.29) is 10.8 Å². The van der Waals surface area contributed by atoms with Crippen LogP contribution >= 0.6 is 34.5 Å². The highest BCUT2D eigenvalue weighted by molar-refractivity contribution is 7.07. The average Bonchev–Trinajstić information content (AvgIpc) is 3.37. The molecule has 0 unspecified atom stereocenters. The maximum Gasteiger partial charge on any atom is 0.416 e. The Balaban J connectivity index is 1.76. The Kier molecular flexibility index (Phi) is 8.02. The van der Waals surface area contributed by atoms with Crippen LogP contribution in [0.3, 0.4) is 0 Å². The molecule has 0 spiro atoms. The van der Waals surface area contributed by atoms with Crippen molar-refractivity contribution in [3.05, 3.63) is 85.7 Å². The molecule has 0 radical (unpaired) electrons. The Hall–Kier alpha value is -2.88. The van der Waals surface area contributed by atoms with Gasteiger partial charge in [0.05, 0.1) is 34.4 Å². The summed E-state index contributed by atoms with van der Waals surface area (Å²) in [5.74, 6) is 0. The van der Waals surface area contributed by atoms with Gasteiger partial charge in [-0.2, -0.15) is 23.4 Å². The molecule has 0 amide bonds. The van der Waals surface area contributed by atoms with Crippen LogP contribution in [0.25, 0.3) is 16.9 Å². The summed E-state index contributed by atoms with van der Waals surface area (Å²) < 4.78 is 42.6. The molecule has 5 nitrogen and oxygen atoms in total. The number of thiazole rings is 1. The second kappa shape index (κ2) is 11.0. The molecule has 2 aromatic heterocycles. The fourth-order valence-corrected chi connectivity index (χ4v) is 4.74. The van der Waals surface area contributed by atoms with Gasteiger partial charge in [-0.1, -0.05) is 54.7 Å². The van der Waals surface area contributed by atoms with Crippen molar-refractivity contribution >= 4 is 40.8 Å². The molecular weight excluding hydrogens is 530 g/mol. The number of benzene rings is 2. The van der Waals surface area contributed by atoms with Gasteiger partial charge in [-0.25, -0.2) is 9.36 Å². The van der Waals surface area contributed by atoms with Crippen molar-refractivity contribution in [3.8, 4) is 16.9 Å². The summed E-state index contributed by atoms with van der Waals surface area (Å²) in [6, 6.07) is 12.3. The standard InChI is InChI=1S/C25H22Cl2F3N5S/c1-3-4-12-31-24-35(22(15-36-24)17-8-10-19(26)11-9-17)32-14-21-16(2)33-34(23(21)27)20-7-5-6-18(13-20)25(28,29)30/h5-11,13-15H,3-4,12H2,1-2H3. The van der Waals surface area contributed by atoms with E-state index in [1.165, 1.54) is 28.2 Å². The molecule has 0 saturated heterocycles. The highest BCUT2D eigenvalue weighted by atomic mass is 35.5. The van der Waals surface area contributed by atoms with Crippen molar-refractivity contribution in [2.75, 3.05) is 6.54 Å². The minimum absolute atomic E-state index is 0.156. The van der Waals surface area contributed by atoms with Gasteiger partial charge in [0.2, 0.25) is 4.80 Å². The third-order valence-corrected chi connectivity index (χ3v) is 6.82. The molecule has 0 aliphatic heterocycles. The van der Waals surface area contributed by atoms with Crippen LogP contribution in [-0.2, 0) is 6.18 Å². The molecule has 0 fully saturated rings. The number of aromatic nitrogens is 3. The van der Waals surface area contributed by atoms with Gasteiger partial charge in [-0.05, 0) is 43.7 Å². The van der Waals surface area contributed by atoms with E-state index < -0.39 is 11.7 Å². The molecule has 0 aliphatic rings. The van der Waals surface area contributed by atoms with E-state index in [1.807, 2.05) is 17.5 Å². The summed E-state index contributed by atoms with van der Waals surface area (Å²) in [6.45, 7) is 4.49. The molecule has 0 N–H and O–H groups in total. The van der Waals surface area contributed by atoms with Crippen LogP contribution in [0.1, 0.15) is 36.6 Å². The quantitative estimate of drug-likeness (QED) is 0.172. The van der Waals surface area contributed by atoms with Crippen LogP contribution < -0.4 is 4.80 Å². The van der Waals surface area contributed by atoms with Gasteiger partial charge < -0.3 is 0 Å². The Morgan fingerprint density at radius 1 is 1.11 bits per heavy atom. The van der Waals surface area contributed by atoms with Crippen LogP contribution in [0.4, 0.5) is 13.2 Å². The van der Waals surface area contributed by atoms with Gasteiger partial charge >= 0.3 is 6.18 Å². The van der Waals surface area contributed by atoms with E-state index in [2.05, 4.69) is 22.1 Å². The zero-order chi connectivity index (χ0) is 25.9. The van der Waals surface area contributed by atoms with Crippen molar-refractivity contribution in [3.63, 3.8) is 0 Å². The number of unbranched alkanes of at least 4 members (excludes halogenated alkanes) is 1. The minimum Gasteiger partial charge on any atom is -0.257 e. The lowest BCUT2D eigenvalue weighted by molar-refractivity contribution is -0.137. The van der Waals surface area contributed by atoms with Gasteiger partial charge in [0, 0.05) is 22.5 Å². The molecule has 188 valence electrons. The molecule has 2 aromatic carbocycles. The highest BCUT2D eigenvalue weighted by Gasteiger charge is 2.30. The first-order valence-electron chi connectivity index (χ1n) is 11.1. The maximum atomic E-state index is 13.2. The number of halogens is 5. The molecule has 0 atom stereocenters. The lowest BCUT2D eigenvalue weighted by Gasteiger charge is -2.09. The van der Waals surface area contributed by atoms with E-state index in [9.17, 15) is 13.2 Å². The second-order valence-corrected chi connectivity index (χ2v) is 9.58. The van der Waals surface area contributed by atoms with Gasteiger partial charge in [0.25, 0.3) is 0 Å². The lowest BCUT2D eigenvalue weighted by atomic mass is 10.2. The smallest absolute Gasteiger partial charge is 0.257 e. The van der Waals surface area contributed by atoms with Gasteiger partial charge in [-0.15, -0.1) is 11.3 Å². The summed E-state index contributed by atoms with van der Waals surface area (Å²) in [5, 5.41) is 11.8. The third kappa shape index (κ3) is 5.74. The minimum atomic E-state index is -4.47. The molecule has 0 bridgehead atoms. The average molecular weight is 552 g/mol. The maximum absolute atomic E-state index is 13.2. The topological polar surface area (TPSA) is 47.5 Å². The van der Waals surface area contributed by atoms with E-state index >= 15 is 0 Å². The van der Waals surface area contributed by atoms with Crippen LogP contribution in [0.5, 0.6) is 0 Å². The molecular formula is C25H22Cl2F3N5S. The summed E-state index contributed by atoms with van der Waals surface area (Å²) in [5.41, 5.74) is 2.18. The van der Waals surface area contributed by atoms with E-state index in [4.69, 9.17) is 23.2 Å². The molecule has 4 aromatic rings. The third-order valence-electron chi connectivity index (χ3n) is 5.35. The SMILES string of the molecule is CCCCN=c1scc(-c2ccc(Cl)cc2)n1N=Cc1c(C)nn(-c2cccc(C(F)(F)F)c2)c1Cl. The van der Waals surface area contributed by atoms with E-state index in [0.717, 1.165) is 36.2 Å². The van der Waals surface area contributed by atoms with E-state index in [1.54, 1.807) is 29.9 Å². The molecule has 36 heavy (non-hydrogen) atoms. The molecule has 0 aliphatic carbocycles. The molecule has 4 rings (SSSR count). The van der Waals surface area contributed by atoms with Crippen LogP contribution in [0, 0.1) is 6.92 Å².